The lowest BCUT2D eigenvalue weighted by Gasteiger charge is -2.29. The number of benzene rings is 1. The van der Waals surface area contributed by atoms with Gasteiger partial charge in [0.25, 0.3) is 0 Å². The lowest BCUT2D eigenvalue weighted by Crippen LogP contribution is -2.43. The third-order valence-corrected chi connectivity index (χ3v) is 5.89. The molecule has 0 atom stereocenters. The van der Waals surface area contributed by atoms with Crippen molar-refractivity contribution in [2.24, 2.45) is 0 Å². The van der Waals surface area contributed by atoms with E-state index in [9.17, 15) is 22.8 Å². The SMILES string of the molecule is O=C1CN(C(=O)CSc2nc(-c3cccs3)cc(C(F)(F)F)n2)c2ccccc2N1. The van der Waals surface area contributed by atoms with Crippen molar-refractivity contribution >= 4 is 46.3 Å². The van der Waals surface area contributed by atoms with Gasteiger partial charge in [-0.1, -0.05) is 30.0 Å². The van der Waals surface area contributed by atoms with Crippen molar-refractivity contribution in [2.45, 2.75) is 11.3 Å². The predicted octanol–water partition coefficient (Wildman–Crippen LogP) is 4.30. The van der Waals surface area contributed by atoms with Crippen LogP contribution in [0.1, 0.15) is 5.69 Å². The fourth-order valence-electron chi connectivity index (χ4n) is 2.85. The Balaban J connectivity index is 1.57. The predicted molar refractivity (Wildman–Crippen MR) is 108 cm³/mol. The number of thioether (sulfide) groups is 1. The number of fused-ring (bicyclic) bond motifs is 1. The van der Waals surface area contributed by atoms with E-state index in [0.717, 1.165) is 17.8 Å². The second-order valence-electron chi connectivity index (χ2n) is 6.23. The van der Waals surface area contributed by atoms with Crippen LogP contribution in [0.15, 0.2) is 53.0 Å². The van der Waals surface area contributed by atoms with Crippen LogP contribution >= 0.6 is 23.1 Å². The molecule has 4 rings (SSSR count). The summed E-state index contributed by atoms with van der Waals surface area (Å²) >= 11 is 2.06. The van der Waals surface area contributed by atoms with E-state index in [0.29, 0.717) is 16.3 Å². The molecular formula is C19H13F3N4O2S2. The van der Waals surface area contributed by atoms with E-state index in [4.69, 9.17) is 0 Å². The van der Waals surface area contributed by atoms with Crippen LogP contribution < -0.4 is 10.2 Å². The van der Waals surface area contributed by atoms with Gasteiger partial charge in [-0.15, -0.1) is 11.3 Å². The van der Waals surface area contributed by atoms with Gasteiger partial charge in [-0.25, -0.2) is 9.97 Å². The summed E-state index contributed by atoms with van der Waals surface area (Å²) in [6.45, 7) is -0.166. The summed E-state index contributed by atoms with van der Waals surface area (Å²) in [7, 11) is 0. The molecule has 6 nitrogen and oxygen atoms in total. The number of rotatable bonds is 4. The molecule has 3 heterocycles. The Hall–Kier alpha value is -2.92. The molecule has 154 valence electrons. The standard InChI is InChI=1S/C19H13F3N4O2S2/c20-19(21,22)15-8-12(14-6-3-7-29-14)24-18(25-15)30-10-17(28)26-9-16(27)23-11-4-1-2-5-13(11)26/h1-8H,9-10H2,(H,23,27). The molecule has 2 amide bonds. The molecule has 0 radical (unpaired) electrons. The van der Waals surface area contributed by atoms with Gasteiger partial charge in [0.1, 0.15) is 12.2 Å². The van der Waals surface area contributed by atoms with E-state index in [1.807, 2.05) is 0 Å². The Morgan fingerprint density at radius 2 is 2.00 bits per heavy atom. The number of para-hydroxylation sites is 2. The number of hydrogen-bond donors (Lipinski definition) is 1. The second-order valence-corrected chi connectivity index (χ2v) is 8.12. The highest BCUT2D eigenvalue weighted by atomic mass is 32.2. The second kappa shape index (κ2) is 8.07. The van der Waals surface area contributed by atoms with Crippen molar-refractivity contribution in [1.82, 2.24) is 9.97 Å². The number of carbonyl (C=O) groups is 2. The first kappa shape index (κ1) is 20.4. The van der Waals surface area contributed by atoms with Crippen molar-refractivity contribution in [2.75, 3.05) is 22.5 Å². The number of thiophene rings is 1. The van der Waals surface area contributed by atoms with Crippen LogP contribution in [-0.2, 0) is 15.8 Å². The monoisotopic (exact) mass is 450 g/mol. The van der Waals surface area contributed by atoms with E-state index in [-0.39, 0.29) is 29.1 Å². The van der Waals surface area contributed by atoms with Crippen LogP contribution in [0.2, 0.25) is 0 Å². The number of aromatic nitrogens is 2. The number of halogens is 3. The molecule has 0 fully saturated rings. The molecule has 0 saturated carbocycles. The van der Waals surface area contributed by atoms with Gasteiger partial charge in [0, 0.05) is 0 Å². The van der Waals surface area contributed by atoms with Crippen LogP contribution in [0, 0.1) is 0 Å². The van der Waals surface area contributed by atoms with Gasteiger partial charge in [0.15, 0.2) is 5.16 Å². The smallest absolute Gasteiger partial charge is 0.323 e. The first-order chi connectivity index (χ1) is 14.3. The molecule has 3 aromatic rings. The fourth-order valence-corrected chi connectivity index (χ4v) is 4.27. The van der Waals surface area contributed by atoms with Crippen LogP contribution in [0.3, 0.4) is 0 Å². The Morgan fingerprint density at radius 1 is 1.20 bits per heavy atom. The van der Waals surface area contributed by atoms with Gasteiger partial charge in [-0.2, -0.15) is 13.2 Å². The Morgan fingerprint density at radius 3 is 2.73 bits per heavy atom. The van der Waals surface area contributed by atoms with Crippen molar-refractivity contribution in [3.05, 3.63) is 53.5 Å². The largest absolute Gasteiger partial charge is 0.433 e. The summed E-state index contributed by atoms with van der Waals surface area (Å²) in [5, 5.41) is 4.26. The summed E-state index contributed by atoms with van der Waals surface area (Å²) in [5.74, 6) is -0.990. The Bertz CT molecular complexity index is 1100. The number of anilines is 2. The molecule has 0 saturated heterocycles. The van der Waals surface area contributed by atoms with Gasteiger partial charge in [0.2, 0.25) is 11.8 Å². The first-order valence-electron chi connectivity index (χ1n) is 8.63. The Labute approximate surface area is 177 Å². The Kier molecular flexibility index (Phi) is 5.48. The van der Waals surface area contributed by atoms with E-state index >= 15 is 0 Å². The number of nitrogens with one attached hydrogen (secondary N) is 1. The molecule has 1 aliphatic heterocycles. The van der Waals surface area contributed by atoms with Crippen molar-refractivity contribution in [3.8, 4) is 10.6 Å². The summed E-state index contributed by atoms with van der Waals surface area (Å²) in [4.78, 5) is 34.2. The van der Waals surface area contributed by atoms with E-state index < -0.39 is 17.8 Å². The minimum atomic E-state index is -4.64. The van der Waals surface area contributed by atoms with Gasteiger partial charge >= 0.3 is 6.18 Å². The summed E-state index contributed by atoms with van der Waals surface area (Å²) < 4.78 is 39.8. The van der Waals surface area contributed by atoms with Gasteiger partial charge in [0.05, 0.1) is 27.7 Å². The minimum Gasteiger partial charge on any atom is -0.323 e. The maximum absolute atomic E-state index is 13.3. The molecule has 0 bridgehead atoms. The normalized spacial score (nSPS) is 13.7. The highest BCUT2D eigenvalue weighted by Gasteiger charge is 2.34. The minimum absolute atomic E-state index is 0.143. The van der Waals surface area contributed by atoms with Crippen LogP contribution in [0.4, 0.5) is 24.5 Å². The molecule has 1 aromatic carbocycles. The molecule has 2 aromatic heterocycles. The zero-order valence-electron chi connectivity index (χ0n) is 15.1. The highest BCUT2D eigenvalue weighted by Crippen LogP contribution is 2.34. The van der Waals surface area contributed by atoms with Gasteiger partial charge in [-0.05, 0) is 29.6 Å². The summed E-state index contributed by atoms with van der Waals surface area (Å²) in [6, 6.07) is 11.1. The molecule has 11 heteroatoms. The molecule has 30 heavy (non-hydrogen) atoms. The maximum atomic E-state index is 13.3. The van der Waals surface area contributed by atoms with E-state index in [1.165, 1.54) is 16.2 Å². The molecule has 1 N–H and O–H groups in total. The summed E-state index contributed by atoms with van der Waals surface area (Å²) in [6.07, 6.45) is -4.64. The number of hydrogen-bond acceptors (Lipinski definition) is 6. The van der Waals surface area contributed by atoms with Crippen molar-refractivity contribution in [3.63, 3.8) is 0 Å². The maximum Gasteiger partial charge on any atom is 0.433 e. The number of carbonyl (C=O) groups excluding carboxylic acids is 2. The molecule has 0 aliphatic carbocycles. The molecule has 1 aliphatic rings. The number of amides is 2. The lowest BCUT2D eigenvalue weighted by atomic mass is 10.2. The fraction of sp³-hybridized carbons (Fsp3) is 0.158. The highest BCUT2D eigenvalue weighted by molar-refractivity contribution is 7.99. The van der Waals surface area contributed by atoms with Crippen molar-refractivity contribution < 1.29 is 22.8 Å². The van der Waals surface area contributed by atoms with Gasteiger partial charge < -0.3 is 10.2 Å². The molecular weight excluding hydrogens is 437 g/mol. The topological polar surface area (TPSA) is 75.2 Å². The first-order valence-corrected chi connectivity index (χ1v) is 10.5. The van der Waals surface area contributed by atoms with Crippen LogP contribution in [0.5, 0.6) is 0 Å². The third-order valence-electron chi connectivity index (χ3n) is 4.17. The average Bonchev–Trinajstić information content (AvgIpc) is 3.25. The van der Waals surface area contributed by atoms with Gasteiger partial charge in [-0.3, -0.25) is 9.59 Å². The van der Waals surface area contributed by atoms with E-state index in [1.54, 1.807) is 41.8 Å². The molecule has 0 spiro atoms. The zero-order chi connectivity index (χ0) is 21.3. The van der Waals surface area contributed by atoms with E-state index in [2.05, 4.69) is 15.3 Å². The number of alkyl halides is 3. The summed E-state index contributed by atoms with van der Waals surface area (Å²) in [5.41, 5.74) is 0.109. The zero-order valence-corrected chi connectivity index (χ0v) is 16.8. The lowest BCUT2D eigenvalue weighted by molar-refractivity contribution is -0.141. The average molecular weight is 450 g/mol. The van der Waals surface area contributed by atoms with Crippen LogP contribution in [-0.4, -0.2) is 34.1 Å². The quantitative estimate of drug-likeness (QED) is 0.474. The number of nitrogens with zero attached hydrogens (tertiary/aromatic N) is 3. The third kappa shape index (κ3) is 4.31. The molecule has 0 unspecified atom stereocenters. The van der Waals surface area contributed by atoms with Crippen LogP contribution in [0.25, 0.3) is 10.6 Å². The van der Waals surface area contributed by atoms with Crippen molar-refractivity contribution in [1.29, 1.82) is 0 Å².